The van der Waals surface area contributed by atoms with Gasteiger partial charge < -0.3 is 19.8 Å². The van der Waals surface area contributed by atoms with Gasteiger partial charge in [0.2, 0.25) is 5.95 Å². The smallest absolute Gasteiger partial charge is 0.293 e. The van der Waals surface area contributed by atoms with E-state index in [2.05, 4.69) is 39.2 Å². The van der Waals surface area contributed by atoms with Crippen LogP contribution in [0.3, 0.4) is 0 Å². The van der Waals surface area contributed by atoms with Crippen LogP contribution in [0.25, 0.3) is 22.2 Å². The fraction of sp³-hybridized carbons (Fsp3) is 0.406. The number of benzene rings is 2. The fourth-order valence-corrected chi connectivity index (χ4v) is 6.31. The van der Waals surface area contributed by atoms with Gasteiger partial charge in [-0.2, -0.15) is 4.98 Å². The van der Waals surface area contributed by atoms with Crippen LogP contribution in [0.1, 0.15) is 26.2 Å². The molecule has 2 aromatic heterocycles. The van der Waals surface area contributed by atoms with E-state index in [9.17, 15) is 4.79 Å². The minimum Gasteiger partial charge on any atom is -0.408 e. The second-order valence-electron chi connectivity index (χ2n) is 11.1. The Morgan fingerprint density at radius 3 is 2.44 bits per heavy atom. The fourth-order valence-electron chi connectivity index (χ4n) is 5.71. The van der Waals surface area contributed by atoms with Crippen LogP contribution in [-0.4, -0.2) is 72.1 Å². The minimum atomic E-state index is -0.386. The second kappa shape index (κ2) is 13.5. The summed E-state index contributed by atoms with van der Waals surface area (Å²) < 4.78 is 6.75. The van der Waals surface area contributed by atoms with Crippen molar-refractivity contribution >= 4 is 51.6 Å². The number of fused-ring (bicyclic) bond motifs is 1. The number of halogens is 2. The van der Waals surface area contributed by atoms with Crippen LogP contribution in [0.4, 0.5) is 17.3 Å². The van der Waals surface area contributed by atoms with E-state index in [4.69, 9.17) is 37.8 Å². The maximum Gasteiger partial charge on any atom is 0.293 e. The van der Waals surface area contributed by atoms with Crippen LogP contribution >= 0.6 is 23.2 Å². The number of pyridine rings is 1. The van der Waals surface area contributed by atoms with Gasteiger partial charge in [-0.1, -0.05) is 36.2 Å². The van der Waals surface area contributed by atoms with Crippen molar-refractivity contribution in [1.82, 2.24) is 19.6 Å². The molecular formula is C32H36Cl2N6O3. The normalized spacial score (nSPS) is 16.5. The van der Waals surface area contributed by atoms with Crippen molar-refractivity contribution in [2.45, 2.75) is 26.2 Å². The molecule has 6 rings (SSSR count). The summed E-state index contributed by atoms with van der Waals surface area (Å²) in [4.78, 5) is 34.3. The van der Waals surface area contributed by atoms with Crippen molar-refractivity contribution in [2.75, 3.05) is 62.8 Å². The average molecular weight is 624 g/mol. The summed E-state index contributed by atoms with van der Waals surface area (Å²) in [6.45, 7) is 9.32. The predicted molar refractivity (Wildman–Crippen MR) is 173 cm³/mol. The Morgan fingerprint density at radius 1 is 1.02 bits per heavy atom. The highest BCUT2D eigenvalue weighted by Crippen LogP contribution is 2.34. The molecule has 1 N–H and O–H groups in total. The molecular weight excluding hydrogens is 587 g/mol. The molecule has 11 heteroatoms. The molecule has 0 atom stereocenters. The molecule has 2 fully saturated rings. The molecule has 0 bridgehead atoms. The zero-order chi connectivity index (χ0) is 29.8. The first kappa shape index (κ1) is 29.7. The number of anilines is 3. The Labute approximate surface area is 261 Å². The van der Waals surface area contributed by atoms with Crippen molar-refractivity contribution in [3.8, 4) is 11.1 Å². The second-order valence-corrected chi connectivity index (χ2v) is 11.9. The Hall–Kier alpha value is -3.37. The Bertz CT molecular complexity index is 1600. The maximum absolute atomic E-state index is 13.9. The Balaban J connectivity index is 1.28. The number of nitrogens with zero attached hydrogens (tertiary/aromatic N) is 5. The van der Waals surface area contributed by atoms with Crippen molar-refractivity contribution in [2.24, 2.45) is 5.92 Å². The number of aromatic nitrogens is 3. The van der Waals surface area contributed by atoms with E-state index in [1.54, 1.807) is 30.5 Å². The standard InChI is InChI=1S/C32H36Cl2N6O3/c1-2-12-38-13-15-39(16-14-38)25-8-6-24(7-9-25)36-32-35-20-23-19-26(29-27(33)4-3-5-28(29)34)31(41)40(30(23)37-32)43-21-22-10-17-42-18-11-22/h3-9,19-20,22H,2,10-18,21H2,1H3,(H,35,36,37). The van der Waals surface area contributed by atoms with Crippen LogP contribution in [-0.2, 0) is 4.74 Å². The third kappa shape index (κ3) is 6.75. The van der Waals surface area contributed by atoms with Gasteiger partial charge in [0, 0.05) is 67.9 Å². The summed E-state index contributed by atoms with van der Waals surface area (Å²) in [7, 11) is 0. The summed E-state index contributed by atoms with van der Waals surface area (Å²) in [6.07, 6.45) is 4.60. The molecule has 4 heterocycles. The van der Waals surface area contributed by atoms with Gasteiger partial charge in [0.1, 0.15) is 6.61 Å². The van der Waals surface area contributed by atoms with E-state index in [0.29, 0.717) is 58.0 Å². The molecule has 0 spiro atoms. The summed E-state index contributed by atoms with van der Waals surface area (Å²) in [6, 6.07) is 15.2. The van der Waals surface area contributed by atoms with Gasteiger partial charge in [0.25, 0.3) is 5.56 Å². The number of nitrogens with one attached hydrogen (secondary N) is 1. The lowest BCUT2D eigenvalue weighted by atomic mass is 10.0. The van der Waals surface area contributed by atoms with Crippen molar-refractivity contribution in [1.29, 1.82) is 0 Å². The van der Waals surface area contributed by atoms with Gasteiger partial charge in [-0.15, -0.1) is 4.73 Å². The quantitative estimate of drug-likeness (QED) is 0.247. The minimum absolute atomic E-state index is 0.274. The lowest BCUT2D eigenvalue weighted by Crippen LogP contribution is -2.46. The van der Waals surface area contributed by atoms with Gasteiger partial charge in [0.15, 0.2) is 5.65 Å². The van der Waals surface area contributed by atoms with Crippen molar-refractivity contribution < 1.29 is 9.57 Å². The molecule has 9 nitrogen and oxygen atoms in total. The SMILES string of the molecule is CCCN1CCN(c2ccc(Nc3ncc4cc(-c5c(Cl)cccc5Cl)c(=O)n(OCC5CCOCC5)c4n3)cc2)CC1. The molecule has 0 aliphatic carbocycles. The van der Waals surface area contributed by atoms with Gasteiger partial charge in [-0.05, 0) is 74.2 Å². The van der Waals surface area contributed by atoms with Crippen molar-refractivity contribution in [3.63, 3.8) is 0 Å². The van der Waals surface area contributed by atoms with Crippen LogP contribution < -0.4 is 20.6 Å². The molecule has 0 radical (unpaired) electrons. The third-order valence-corrected chi connectivity index (χ3v) is 8.75. The zero-order valence-corrected chi connectivity index (χ0v) is 25.8. The Kier molecular flexibility index (Phi) is 9.33. The molecule has 0 saturated carbocycles. The summed E-state index contributed by atoms with van der Waals surface area (Å²) in [5.41, 5.74) is 2.80. The number of rotatable bonds is 9. The molecule has 0 amide bonds. The molecule has 43 heavy (non-hydrogen) atoms. The number of ether oxygens (including phenoxy) is 1. The first-order chi connectivity index (χ1) is 21.0. The van der Waals surface area contributed by atoms with E-state index >= 15 is 0 Å². The molecule has 2 saturated heterocycles. The largest absolute Gasteiger partial charge is 0.408 e. The van der Waals surface area contributed by atoms with Gasteiger partial charge >= 0.3 is 0 Å². The molecule has 2 aliphatic heterocycles. The van der Waals surface area contributed by atoms with E-state index in [-0.39, 0.29) is 11.5 Å². The molecule has 2 aromatic carbocycles. The molecule has 0 unspecified atom stereocenters. The van der Waals surface area contributed by atoms with Crippen LogP contribution in [0, 0.1) is 5.92 Å². The van der Waals surface area contributed by atoms with Crippen LogP contribution in [0.15, 0.2) is 59.5 Å². The number of piperazine rings is 1. The average Bonchev–Trinajstić information content (AvgIpc) is 3.02. The van der Waals surface area contributed by atoms with E-state index in [1.807, 2.05) is 12.1 Å². The van der Waals surface area contributed by atoms with E-state index in [1.165, 1.54) is 16.8 Å². The topological polar surface area (TPSA) is 84.8 Å². The highest BCUT2D eigenvalue weighted by atomic mass is 35.5. The molecule has 2 aliphatic rings. The van der Waals surface area contributed by atoms with E-state index < -0.39 is 0 Å². The first-order valence-electron chi connectivity index (χ1n) is 14.9. The third-order valence-electron chi connectivity index (χ3n) is 8.12. The molecule has 226 valence electrons. The van der Waals surface area contributed by atoms with Gasteiger partial charge in [-0.3, -0.25) is 9.69 Å². The predicted octanol–water partition coefficient (Wildman–Crippen LogP) is 5.90. The molecule has 4 aromatic rings. The lowest BCUT2D eigenvalue weighted by molar-refractivity contribution is 0.0153. The van der Waals surface area contributed by atoms with E-state index in [0.717, 1.165) is 51.3 Å². The summed E-state index contributed by atoms with van der Waals surface area (Å²) in [5, 5.41) is 4.67. The number of hydrogen-bond acceptors (Lipinski definition) is 8. The lowest BCUT2D eigenvalue weighted by Gasteiger charge is -2.36. The first-order valence-corrected chi connectivity index (χ1v) is 15.7. The monoisotopic (exact) mass is 622 g/mol. The van der Waals surface area contributed by atoms with Crippen LogP contribution in [0.5, 0.6) is 0 Å². The van der Waals surface area contributed by atoms with Gasteiger partial charge in [-0.25, -0.2) is 4.98 Å². The number of hydrogen-bond donors (Lipinski definition) is 1. The Morgan fingerprint density at radius 2 is 1.74 bits per heavy atom. The zero-order valence-electron chi connectivity index (χ0n) is 24.3. The highest BCUT2D eigenvalue weighted by molar-refractivity contribution is 6.39. The van der Waals surface area contributed by atoms with Gasteiger partial charge in [0.05, 0.1) is 15.6 Å². The van der Waals surface area contributed by atoms with Crippen molar-refractivity contribution in [3.05, 3.63) is 75.1 Å². The van der Waals surface area contributed by atoms with Crippen LogP contribution in [0.2, 0.25) is 10.0 Å². The maximum atomic E-state index is 13.9. The summed E-state index contributed by atoms with van der Waals surface area (Å²) >= 11 is 13.0. The highest BCUT2D eigenvalue weighted by Gasteiger charge is 2.21. The summed E-state index contributed by atoms with van der Waals surface area (Å²) in [5.74, 6) is 0.635.